The van der Waals surface area contributed by atoms with E-state index in [-0.39, 0.29) is 5.60 Å². The summed E-state index contributed by atoms with van der Waals surface area (Å²) in [6, 6.07) is 4.98. The smallest absolute Gasteiger partial charge is 0.248 e. The van der Waals surface area contributed by atoms with Crippen LogP contribution in [0, 0.1) is 0 Å². The molecular weight excluding hydrogens is 230 g/mol. The molecule has 1 aromatic rings. The van der Waals surface area contributed by atoms with Gasteiger partial charge in [0.05, 0.1) is 17.0 Å². The summed E-state index contributed by atoms with van der Waals surface area (Å²) in [7, 11) is 0. The number of amides is 1. The second-order valence-electron chi connectivity index (χ2n) is 4.92. The van der Waals surface area contributed by atoms with Gasteiger partial charge >= 0.3 is 0 Å². The van der Waals surface area contributed by atoms with Crippen LogP contribution >= 0.6 is 0 Å². The first-order valence-corrected chi connectivity index (χ1v) is 6.07. The molecule has 18 heavy (non-hydrogen) atoms. The van der Waals surface area contributed by atoms with Crippen LogP contribution in [0.1, 0.15) is 30.1 Å². The van der Waals surface area contributed by atoms with Crippen molar-refractivity contribution in [3.63, 3.8) is 0 Å². The van der Waals surface area contributed by atoms with Crippen molar-refractivity contribution in [1.82, 2.24) is 0 Å². The van der Waals surface area contributed by atoms with Crippen molar-refractivity contribution in [3.05, 3.63) is 23.8 Å². The van der Waals surface area contributed by atoms with Crippen LogP contribution in [-0.4, -0.2) is 24.7 Å². The van der Waals surface area contributed by atoms with Gasteiger partial charge in [-0.25, -0.2) is 0 Å². The molecule has 0 spiro atoms. The number of nitrogen functional groups attached to an aromatic ring is 1. The van der Waals surface area contributed by atoms with Crippen molar-refractivity contribution in [1.29, 1.82) is 0 Å². The van der Waals surface area contributed by atoms with Crippen molar-refractivity contribution in [3.8, 4) is 0 Å². The van der Waals surface area contributed by atoms with Gasteiger partial charge in [0.1, 0.15) is 0 Å². The van der Waals surface area contributed by atoms with Crippen LogP contribution < -0.4 is 16.8 Å². The standard InChI is InChI=1S/C13H19N3O2/c1-13(5-2-6-18-13)8-16-11-7-9(12(15)17)3-4-10(11)14/h3-4,7,16H,2,5-6,8,14H2,1H3,(H2,15,17). The van der Waals surface area contributed by atoms with E-state index in [1.54, 1.807) is 18.2 Å². The maximum Gasteiger partial charge on any atom is 0.248 e. The summed E-state index contributed by atoms with van der Waals surface area (Å²) in [5, 5.41) is 3.23. The predicted molar refractivity (Wildman–Crippen MR) is 71.5 cm³/mol. The fraction of sp³-hybridized carbons (Fsp3) is 0.462. The summed E-state index contributed by atoms with van der Waals surface area (Å²) in [6.07, 6.45) is 2.10. The molecule has 1 unspecified atom stereocenters. The van der Waals surface area contributed by atoms with Crippen LogP contribution in [0.4, 0.5) is 11.4 Å². The van der Waals surface area contributed by atoms with Crippen LogP contribution in [-0.2, 0) is 4.74 Å². The summed E-state index contributed by atoms with van der Waals surface area (Å²) >= 11 is 0. The second kappa shape index (κ2) is 4.86. The highest BCUT2D eigenvalue weighted by molar-refractivity contribution is 5.94. The van der Waals surface area contributed by atoms with E-state index in [1.807, 2.05) is 0 Å². The monoisotopic (exact) mass is 249 g/mol. The van der Waals surface area contributed by atoms with E-state index in [1.165, 1.54) is 0 Å². The maximum absolute atomic E-state index is 11.1. The van der Waals surface area contributed by atoms with Gasteiger partial charge in [0.25, 0.3) is 0 Å². The molecule has 5 nitrogen and oxygen atoms in total. The van der Waals surface area contributed by atoms with E-state index < -0.39 is 5.91 Å². The summed E-state index contributed by atoms with van der Waals surface area (Å²) < 4.78 is 5.68. The summed E-state index contributed by atoms with van der Waals surface area (Å²) in [5.74, 6) is -0.457. The van der Waals surface area contributed by atoms with Crippen LogP contribution in [0.5, 0.6) is 0 Å². The van der Waals surface area contributed by atoms with Gasteiger partial charge < -0.3 is 21.5 Å². The number of ether oxygens (including phenoxy) is 1. The third kappa shape index (κ3) is 2.73. The lowest BCUT2D eigenvalue weighted by molar-refractivity contribution is 0.0315. The van der Waals surface area contributed by atoms with Crippen molar-refractivity contribution < 1.29 is 9.53 Å². The molecule has 1 aromatic carbocycles. The van der Waals surface area contributed by atoms with E-state index in [2.05, 4.69) is 12.2 Å². The quantitative estimate of drug-likeness (QED) is 0.702. The van der Waals surface area contributed by atoms with Crippen LogP contribution in [0.25, 0.3) is 0 Å². The van der Waals surface area contributed by atoms with E-state index in [0.29, 0.717) is 17.8 Å². The highest BCUT2D eigenvalue weighted by Gasteiger charge is 2.29. The lowest BCUT2D eigenvalue weighted by atomic mass is 10.0. The summed E-state index contributed by atoms with van der Waals surface area (Å²) in [4.78, 5) is 11.1. The Balaban J connectivity index is 2.08. The number of hydrogen-bond donors (Lipinski definition) is 3. The molecule has 1 heterocycles. The number of nitrogens with one attached hydrogen (secondary N) is 1. The highest BCUT2D eigenvalue weighted by atomic mass is 16.5. The normalized spacial score (nSPS) is 22.9. The second-order valence-corrected chi connectivity index (χ2v) is 4.92. The number of carbonyl (C=O) groups excluding carboxylic acids is 1. The first kappa shape index (κ1) is 12.7. The van der Waals surface area contributed by atoms with Gasteiger partial charge in [-0.1, -0.05) is 0 Å². The van der Waals surface area contributed by atoms with E-state index in [0.717, 1.165) is 25.1 Å². The molecule has 1 saturated heterocycles. The van der Waals surface area contributed by atoms with Gasteiger partial charge in [-0.05, 0) is 38.0 Å². The SMILES string of the molecule is CC1(CNc2cc(C(N)=O)ccc2N)CCCO1. The number of nitrogens with two attached hydrogens (primary N) is 2. The molecule has 1 aliphatic heterocycles. The Labute approximate surface area is 106 Å². The topological polar surface area (TPSA) is 90.4 Å². The van der Waals surface area contributed by atoms with Gasteiger partial charge in [-0.3, -0.25) is 4.79 Å². The molecular formula is C13H19N3O2. The first-order chi connectivity index (χ1) is 8.50. The minimum atomic E-state index is -0.457. The average Bonchev–Trinajstić information content (AvgIpc) is 2.75. The molecule has 1 atom stereocenters. The number of hydrogen-bond acceptors (Lipinski definition) is 4. The number of primary amides is 1. The zero-order chi connectivity index (χ0) is 13.2. The van der Waals surface area contributed by atoms with Gasteiger partial charge in [-0.2, -0.15) is 0 Å². The molecule has 1 amide bonds. The zero-order valence-corrected chi connectivity index (χ0v) is 10.5. The van der Waals surface area contributed by atoms with Gasteiger partial charge in [0.15, 0.2) is 0 Å². The number of anilines is 2. The molecule has 0 bridgehead atoms. The average molecular weight is 249 g/mol. The Bertz CT molecular complexity index is 454. The van der Waals surface area contributed by atoms with Gasteiger partial charge in [0, 0.05) is 18.7 Å². The lowest BCUT2D eigenvalue weighted by Gasteiger charge is -2.24. The first-order valence-electron chi connectivity index (χ1n) is 6.07. The molecule has 0 aliphatic carbocycles. The molecule has 2 rings (SSSR count). The van der Waals surface area contributed by atoms with E-state index in [9.17, 15) is 4.79 Å². The van der Waals surface area contributed by atoms with Crippen molar-refractivity contribution in [2.45, 2.75) is 25.4 Å². The fourth-order valence-corrected chi connectivity index (χ4v) is 2.12. The largest absolute Gasteiger partial charge is 0.397 e. The third-order valence-electron chi connectivity index (χ3n) is 3.29. The Morgan fingerprint density at radius 2 is 2.33 bits per heavy atom. The van der Waals surface area contributed by atoms with Crippen molar-refractivity contribution in [2.75, 3.05) is 24.2 Å². The van der Waals surface area contributed by atoms with Gasteiger partial charge in [0.2, 0.25) is 5.91 Å². The molecule has 5 N–H and O–H groups in total. The van der Waals surface area contributed by atoms with Crippen molar-refractivity contribution >= 4 is 17.3 Å². The Hall–Kier alpha value is -1.75. The Kier molecular flexibility index (Phi) is 3.43. The Morgan fingerprint density at radius 3 is 2.94 bits per heavy atom. The minimum absolute atomic E-state index is 0.158. The van der Waals surface area contributed by atoms with E-state index >= 15 is 0 Å². The number of carbonyl (C=O) groups is 1. The van der Waals surface area contributed by atoms with Crippen molar-refractivity contribution in [2.24, 2.45) is 5.73 Å². The van der Waals surface area contributed by atoms with E-state index in [4.69, 9.17) is 16.2 Å². The van der Waals surface area contributed by atoms with Crippen LogP contribution in [0.15, 0.2) is 18.2 Å². The minimum Gasteiger partial charge on any atom is -0.397 e. The maximum atomic E-state index is 11.1. The number of benzene rings is 1. The highest BCUT2D eigenvalue weighted by Crippen LogP contribution is 2.27. The molecule has 0 radical (unpaired) electrons. The predicted octanol–water partition coefficient (Wildman–Crippen LogP) is 1.35. The molecule has 1 aliphatic rings. The number of rotatable bonds is 4. The zero-order valence-electron chi connectivity index (χ0n) is 10.5. The molecule has 0 saturated carbocycles. The molecule has 0 aromatic heterocycles. The lowest BCUT2D eigenvalue weighted by Crippen LogP contribution is -2.32. The van der Waals surface area contributed by atoms with Crippen LogP contribution in [0.2, 0.25) is 0 Å². The van der Waals surface area contributed by atoms with Gasteiger partial charge in [-0.15, -0.1) is 0 Å². The van der Waals surface area contributed by atoms with Crippen LogP contribution in [0.3, 0.4) is 0 Å². The third-order valence-corrected chi connectivity index (χ3v) is 3.29. The molecule has 5 heteroatoms. The Morgan fingerprint density at radius 1 is 1.56 bits per heavy atom. The molecule has 98 valence electrons. The summed E-state index contributed by atoms with van der Waals surface area (Å²) in [6.45, 7) is 3.54. The summed E-state index contributed by atoms with van der Waals surface area (Å²) in [5.41, 5.74) is 12.7. The molecule has 1 fully saturated rings. The fourth-order valence-electron chi connectivity index (χ4n) is 2.12.